The molecule has 2 aromatic rings. The Balaban J connectivity index is 2.46. The fourth-order valence-corrected chi connectivity index (χ4v) is 2.90. The standard InChI is InChI=1S/C16H16Cl2F3N3O2/c1-4-10-8(3)24(15(25)22-5-2)23-14(10)26-13-11(17)6-9(7-12(13)18)16(19,20)21/h6-7H,4-5H2,1-3H3,(H,22,25). The number of hydrogen-bond donors (Lipinski definition) is 1. The Morgan fingerprint density at radius 3 is 2.31 bits per heavy atom. The van der Waals surface area contributed by atoms with E-state index >= 15 is 0 Å². The van der Waals surface area contributed by atoms with Crippen molar-refractivity contribution in [2.24, 2.45) is 0 Å². The highest BCUT2D eigenvalue weighted by Gasteiger charge is 2.32. The molecule has 142 valence electrons. The average molecular weight is 410 g/mol. The number of carbonyl (C=O) groups is 1. The molecular weight excluding hydrogens is 394 g/mol. The summed E-state index contributed by atoms with van der Waals surface area (Å²) in [4.78, 5) is 12.0. The molecule has 0 spiro atoms. The zero-order chi connectivity index (χ0) is 19.6. The van der Waals surface area contributed by atoms with Gasteiger partial charge in [-0.2, -0.15) is 17.9 Å². The van der Waals surface area contributed by atoms with E-state index in [1.807, 2.05) is 6.92 Å². The van der Waals surface area contributed by atoms with Crippen LogP contribution in [0.25, 0.3) is 0 Å². The van der Waals surface area contributed by atoms with Crippen molar-refractivity contribution >= 4 is 29.2 Å². The fraction of sp³-hybridized carbons (Fsp3) is 0.375. The lowest BCUT2D eigenvalue weighted by molar-refractivity contribution is -0.137. The lowest BCUT2D eigenvalue weighted by atomic mass is 10.2. The summed E-state index contributed by atoms with van der Waals surface area (Å²) < 4.78 is 45.2. The minimum absolute atomic E-state index is 0.0554. The Bertz CT molecular complexity index is 812. The fourth-order valence-electron chi connectivity index (χ4n) is 2.34. The van der Waals surface area contributed by atoms with E-state index in [-0.39, 0.29) is 21.7 Å². The zero-order valence-corrected chi connectivity index (χ0v) is 15.7. The van der Waals surface area contributed by atoms with Gasteiger partial charge in [-0.1, -0.05) is 30.1 Å². The molecule has 0 unspecified atom stereocenters. The van der Waals surface area contributed by atoms with Crippen molar-refractivity contribution in [3.63, 3.8) is 0 Å². The van der Waals surface area contributed by atoms with E-state index in [4.69, 9.17) is 27.9 Å². The van der Waals surface area contributed by atoms with Crippen molar-refractivity contribution < 1.29 is 22.7 Å². The van der Waals surface area contributed by atoms with Crippen LogP contribution in [0.3, 0.4) is 0 Å². The first-order valence-corrected chi connectivity index (χ1v) is 8.46. The minimum Gasteiger partial charge on any atom is -0.434 e. The second kappa shape index (κ2) is 7.75. The van der Waals surface area contributed by atoms with E-state index in [9.17, 15) is 18.0 Å². The lowest BCUT2D eigenvalue weighted by Crippen LogP contribution is -2.29. The van der Waals surface area contributed by atoms with E-state index in [0.717, 1.165) is 16.8 Å². The Hall–Kier alpha value is -1.93. The molecule has 0 radical (unpaired) electrons. The topological polar surface area (TPSA) is 56.2 Å². The molecule has 0 fully saturated rings. The van der Waals surface area contributed by atoms with E-state index in [2.05, 4.69) is 10.4 Å². The smallest absolute Gasteiger partial charge is 0.416 e. The van der Waals surface area contributed by atoms with Crippen LogP contribution in [0, 0.1) is 6.92 Å². The van der Waals surface area contributed by atoms with Crippen molar-refractivity contribution in [3.8, 4) is 11.6 Å². The van der Waals surface area contributed by atoms with Crippen LogP contribution in [0.2, 0.25) is 10.0 Å². The molecule has 0 atom stereocenters. The summed E-state index contributed by atoms with van der Waals surface area (Å²) in [7, 11) is 0. The number of amides is 1. The third kappa shape index (κ3) is 4.07. The maximum absolute atomic E-state index is 12.8. The van der Waals surface area contributed by atoms with Crippen LogP contribution in [0.1, 0.15) is 30.7 Å². The number of alkyl halides is 3. The van der Waals surface area contributed by atoms with Crippen LogP contribution in [-0.2, 0) is 12.6 Å². The van der Waals surface area contributed by atoms with Crippen molar-refractivity contribution in [1.82, 2.24) is 15.1 Å². The number of hydrogen-bond acceptors (Lipinski definition) is 3. The summed E-state index contributed by atoms with van der Waals surface area (Å²) in [6, 6.07) is 1.00. The molecular formula is C16H16Cl2F3N3O2. The van der Waals surface area contributed by atoms with Gasteiger partial charge in [-0.05, 0) is 32.4 Å². The molecule has 0 bridgehead atoms. The normalized spacial score (nSPS) is 11.5. The van der Waals surface area contributed by atoms with Gasteiger partial charge in [-0.15, -0.1) is 5.10 Å². The maximum atomic E-state index is 12.8. The number of aromatic nitrogens is 2. The van der Waals surface area contributed by atoms with Crippen molar-refractivity contribution in [2.75, 3.05) is 6.54 Å². The van der Waals surface area contributed by atoms with Gasteiger partial charge < -0.3 is 10.1 Å². The van der Waals surface area contributed by atoms with Gasteiger partial charge in [-0.25, -0.2) is 4.79 Å². The number of carbonyl (C=O) groups excluding carboxylic acids is 1. The monoisotopic (exact) mass is 409 g/mol. The third-order valence-corrected chi connectivity index (χ3v) is 4.16. The van der Waals surface area contributed by atoms with Gasteiger partial charge in [0.25, 0.3) is 0 Å². The summed E-state index contributed by atoms with van der Waals surface area (Å²) in [5, 5.41) is 6.08. The Morgan fingerprint density at radius 2 is 1.85 bits per heavy atom. The molecule has 0 aliphatic carbocycles. The van der Waals surface area contributed by atoms with Crippen LogP contribution in [0.15, 0.2) is 12.1 Å². The van der Waals surface area contributed by atoms with Gasteiger partial charge >= 0.3 is 12.2 Å². The molecule has 10 heteroatoms. The molecule has 1 N–H and O–H groups in total. The van der Waals surface area contributed by atoms with Crippen LogP contribution >= 0.6 is 23.2 Å². The number of benzene rings is 1. The van der Waals surface area contributed by atoms with E-state index in [1.165, 1.54) is 0 Å². The minimum atomic E-state index is -4.59. The Labute approximate surface area is 158 Å². The van der Waals surface area contributed by atoms with Gasteiger partial charge in [-0.3, -0.25) is 0 Å². The second-order valence-corrected chi connectivity index (χ2v) is 6.15. The summed E-state index contributed by atoms with van der Waals surface area (Å²) in [6.07, 6.45) is -4.10. The average Bonchev–Trinajstić information content (AvgIpc) is 2.85. The van der Waals surface area contributed by atoms with Crippen molar-refractivity contribution in [1.29, 1.82) is 0 Å². The summed E-state index contributed by atoms with van der Waals surface area (Å²) in [5.41, 5.74) is 0.176. The molecule has 0 saturated heterocycles. The van der Waals surface area contributed by atoms with E-state index < -0.39 is 17.8 Å². The quantitative estimate of drug-likeness (QED) is 0.730. The first-order valence-electron chi connectivity index (χ1n) is 7.70. The number of nitrogens with zero attached hydrogens (tertiary/aromatic N) is 2. The molecule has 5 nitrogen and oxygen atoms in total. The van der Waals surface area contributed by atoms with Crippen LogP contribution in [-0.4, -0.2) is 22.4 Å². The SMILES string of the molecule is CCNC(=O)n1nc(Oc2c(Cl)cc(C(F)(F)F)cc2Cl)c(CC)c1C. The molecule has 26 heavy (non-hydrogen) atoms. The molecule has 0 aliphatic heterocycles. The summed E-state index contributed by atoms with van der Waals surface area (Å²) >= 11 is 11.8. The van der Waals surface area contributed by atoms with Crippen molar-refractivity contribution in [3.05, 3.63) is 39.0 Å². The molecule has 1 amide bonds. The first-order chi connectivity index (χ1) is 12.1. The van der Waals surface area contributed by atoms with Crippen LogP contribution < -0.4 is 10.1 Å². The zero-order valence-electron chi connectivity index (χ0n) is 14.2. The predicted octanol–water partition coefficient (Wildman–Crippen LogP) is 5.45. The maximum Gasteiger partial charge on any atom is 0.416 e. The van der Waals surface area contributed by atoms with Gasteiger partial charge in [0, 0.05) is 12.1 Å². The molecule has 0 saturated carbocycles. The third-order valence-electron chi connectivity index (χ3n) is 3.60. The largest absolute Gasteiger partial charge is 0.434 e. The van der Waals surface area contributed by atoms with Crippen LogP contribution in [0.4, 0.5) is 18.0 Å². The highest BCUT2D eigenvalue weighted by Crippen LogP contribution is 2.42. The Morgan fingerprint density at radius 1 is 1.27 bits per heavy atom. The van der Waals surface area contributed by atoms with Crippen molar-refractivity contribution in [2.45, 2.75) is 33.4 Å². The summed E-state index contributed by atoms with van der Waals surface area (Å²) in [5.74, 6) is -0.101. The first kappa shape index (κ1) is 20.4. The summed E-state index contributed by atoms with van der Waals surface area (Å²) in [6.45, 7) is 5.68. The molecule has 2 rings (SSSR count). The molecule has 1 aromatic heterocycles. The van der Waals surface area contributed by atoms with E-state index in [1.54, 1.807) is 13.8 Å². The van der Waals surface area contributed by atoms with Gasteiger partial charge in [0.2, 0.25) is 5.88 Å². The highest BCUT2D eigenvalue weighted by atomic mass is 35.5. The predicted molar refractivity (Wildman–Crippen MR) is 92.4 cm³/mol. The number of rotatable bonds is 4. The van der Waals surface area contributed by atoms with Gasteiger partial charge in [0.1, 0.15) is 0 Å². The second-order valence-electron chi connectivity index (χ2n) is 5.34. The highest BCUT2D eigenvalue weighted by molar-refractivity contribution is 6.37. The lowest BCUT2D eigenvalue weighted by Gasteiger charge is -2.12. The number of nitrogens with one attached hydrogen (secondary N) is 1. The van der Waals surface area contributed by atoms with E-state index in [0.29, 0.717) is 24.2 Å². The molecule has 1 aromatic carbocycles. The number of ether oxygens (including phenoxy) is 1. The Kier molecular flexibility index (Phi) is 6.08. The van der Waals surface area contributed by atoms with Gasteiger partial charge in [0.05, 0.1) is 21.3 Å². The molecule has 0 aliphatic rings. The number of halogens is 5. The molecule has 1 heterocycles. The van der Waals surface area contributed by atoms with Crippen LogP contribution in [0.5, 0.6) is 11.6 Å². The van der Waals surface area contributed by atoms with Gasteiger partial charge in [0.15, 0.2) is 5.75 Å².